The van der Waals surface area contributed by atoms with Crippen molar-refractivity contribution in [2.24, 2.45) is 0 Å². The second-order valence-electron chi connectivity index (χ2n) is 5.64. The number of nitrogens with zero attached hydrogens (tertiary/aromatic N) is 3. The Balaban J connectivity index is 1.54. The SMILES string of the molecule is Cc1cc(NC(=O)C(C)Sc2nnc(Nc3ccc(OC(F)(F)F)cc3)s2)no1. The monoisotopic (exact) mass is 445 g/mol. The number of carbonyl (C=O) groups is 1. The van der Waals surface area contributed by atoms with Crippen LogP contribution in [0.1, 0.15) is 12.7 Å². The van der Waals surface area contributed by atoms with Crippen molar-refractivity contribution in [3.8, 4) is 5.75 Å². The molecule has 0 spiro atoms. The van der Waals surface area contributed by atoms with E-state index in [1.54, 1.807) is 19.9 Å². The molecule has 3 aromatic rings. The van der Waals surface area contributed by atoms with Gasteiger partial charge in [-0.3, -0.25) is 4.79 Å². The number of rotatable bonds is 7. The van der Waals surface area contributed by atoms with Crippen LogP contribution in [-0.4, -0.2) is 32.9 Å². The molecule has 0 radical (unpaired) electrons. The molecule has 1 atom stereocenters. The summed E-state index contributed by atoms with van der Waals surface area (Å²) in [5, 5.41) is 17.2. The van der Waals surface area contributed by atoms with E-state index in [9.17, 15) is 18.0 Å². The summed E-state index contributed by atoms with van der Waals surface area (Å²) in [6, 6.07) is 6.82. The summed E-state index contributed by atoms with van der Waals surface area (Å²) < 4.78 is 45.8. The van der Waals surface area contributed by atoms with Gasteiger partial charge in [0.05, 0.1) is 5.25 Å². The van der Waals surface area contributed by atoms with E-state index < -0.39 is 11.6 Å². The van der Waals surface area contributed by atoms with Crippen molar-refractivity contribution in [1.82, 2.24) is 15.4 Å². The summed E-state index contributed by atoms with van der Waals surface area (Å²) in [4.78, 5) is 12.2. The smallest absolute Gasteiger partial charge is 0.406 e. The van der Waals surface area contributed by atoms with Crippen LogP contribution in [0.5, 0.6) is 5.75 Å². The fourth-order valence-corrected chi connectivity index (χ4v) is 3.95. The fourth-order valence-electron chi connectivity index (χ4n) is 2.03. The number of ether oxygens (including phenoxy) is 1. The molecule has 154 valence electrons. The highest BCUT2D eigenvalue weighted by molar-refractivity contribution is 8.02. The van der Waals surface area contributed by atoms with E-state index in [0.29, 0.717) is 26.7 Å². The molecule has 3 rings (SSSR count). The van der Waals surface area contributed by atoms with Crippen molar-refractivity contribution < 1.29 is 27.2 Å². The maximum Gasteiger partial charge on any atom is 0.573 e. The number of hydrogen-bond acceptors (Lipinski definition) is 9. The van der Waals surface area contributed by atoms with Gasteiger partial charge < -0.3 is 19.9 Å². The molecule has 8 nitrogen and oxygen atoms in total. The molecule has 0 saturated carbocycles. The molecule has 0 saturated heterocycles. The van der Waals surface area contributed by atoms with E-state index in [1.165, 1.54) is 47.4 Å². The number of halogens is 3. The van der Waals surface area contributed by atoms with Gasteiger partial charge in [-0.25, -0.2) is 0 Å². The minimum Gasteiger partial charge on any atom is -0.406 e. The van der Waals surface area contributed by atoms with Gasteiger partial charge in [-0.15, -0.1) is 23.4 Å². The highest BCUT2D eigenvalue weighted by Crippen LogP contribution is 2.31. The Labute approximate surface area is 170 Å². The van der Waals surface area contributed by atoms with Crippen LogP contribution >= 0.6 is 23.1 Å². The molecule has 0 fully saturated rings. The first-order valence-electron chi connectivity index (χ1n) is 8.05. The highest BCUT2D eigenvalue weighted by Gasteiger charge is 2.31. The zero-order chi connectivity index (χ0) is 21.0. The zero-order valence-corrected chi connectivity index (χ0v) is 16.6. The summed E-state index contributed by atoms with van der Waals surface area (Å²) >= 11 is 2.41. The van der Waals surface area contributed by atoms with Gasteiger partial charge in [-0.1, -0.05) is 28.3 Å². The summed E-state index contributed by atoms with van der Waals surface area (Å²) in [5.74, 6) is 0.322. The minimum atomic E-state index is -4.74. The first-order valence-corrected chi connectivity index (χ1v) is 9.75. The van der Waals surface area contributed by atoms with Gasteiger partial charge >= 0.3 is 6.36 Å². The number of aromatic nitrogens is 3. The Bertz CT molecular complexity index is 975. The van der Waals surface area contributed by atoms with Gasteiger partial charge in [-0.2, -0.15) is 0 Å². The predicted octanol–water partition coefficient (Wildman–Crippen LogP) is 4.60. The van der Waals surface area contributed by atoms with Crippen LogP contribution in [-0.2, 0) is 4.79 Å². The molecule has 0 aliphatic carbocycles. The molecular formula is C16H14F3N5O3S2. The number of alkyl halides is 3. The van der Waals surface area contributed by atoms with Crippen LogP contribution in [0.2, 0.25) is 0 Å². The van der Waals surface area contributed by atoms with E-state index in [2.05, 4.69) is 30.7 Å². The van der Waals surface area contributed by atoms with Crippen LogP contribution in [0.3, 0.4) is 0 Å². The van der Waals surface area contributed by atoms with Crippen molar-refractivity contribution >= 4 is 45.6 Å². The van der Waals surface area contributed by atoms with E-state index >= 15 is 0 Å². The lowest BCUT2D eigenvalue weighted by Gasteiger charge is -2.09. The Morgan fingerprint density at radius 3 is 2.62 bits per heavy atom. The number of amides is 1. The molecule has 0 aliphatic heterocycles. The number of thioether (sulfide) groups is 1. The van der Waals surface area contributed by atoms with Crippen molar-refractivity contribution in [2.75, 3.05) is 10.6 Å². The lowest BCUT2D eigenvalue weighted by molar-refractivity contribution is -0.274. The average molecular weight is 445 g/mol. The van der Waals surface area contributed by atoms with Crippen molar-refractivity contribution in [1.29, 1.82) is 0 Å². The van der Waals surface area contributed by atoms with Gasteiger partial charge in [0.25, 0.3) is 0 Å². The molecule has 1 unspecified atom stereocenters. The molecule has 2 N–H and O–H groups in total. The van der Waals surface area contributed by atoms with Gasteiger partial charge in [0, 0.05) is 11.8 Å². The largest absolute Gasteiger partial charge is 0.573 e. The highest BCUT2D eigenvalue weighted by atomic mass is 32.2. The van der Waals surface area contributed by atoms with Crippen LogP contribution < -0.4 is 15.4 Å². The Kier molecular flexibility index (Phi) is 6.27. The van der Waals surface area contributed by atoms with Crippen molar-refractivity contribution in [2.45, 2.75) is 29.8 Å². The standard InChI is InChI=1S/C16H14F3N5O3S2/c1-8-7-12(24-27-8)21-13(25)9(2)28-15-23-22-14(29-15)20-10-3-5-11(6-4-10)26-16(17,18)19/h3-7,9H,1-2H3,(H,20,22)(H,21,24,25). The maximum absolute atomic E-state index is 12.2. The van der Waals surface area contributed by atoms with E-state index in [1.807, 2.05) is 0 Å². The summed E-state index contributed by atoms with van der Waals surface area (Å²) in [5.41, 5.74) is 0.513. The molecule has 1 amide bonds. The molecule has 1 aromatic carbocycles. The number of carbonyl (C=O) groups excluding carboxylic acids is 1. The molecule has 2 aromatic heterocycles. The molecule has 0 aliphatic rings. The molecule has 2 heterocycles. The maximum atomic E-state index is 12.2. The fraction of sp³-hybridized carbons (Fsp3) is 0.250. The Morgan fingerprint density at radius 2 is 2.00 bits per heavy atom. The van der Waals surface area contributed by atoms with Crippen LogP contribution in [0, 0.1) is 6.92 Å². The third-order valence-electron chi connectivity index (χ3n) is 3.27. The van der Waals surface area contributed by atoms with Gasteiger partial charge in [0.2, 0.25) is 11.0 Å². The van der Waals surface area contributed by atoms with Gasteiger partial charge in [-0.05, 0) is 38.1 Å². The number of aryl methyl sites for hydroxylation is 1. The molecule has 0 bridgehead atoms. The first kappa shape index (κ1) is 20.9. The van der Waals surface area contributed by atoms with Crippen LogP contribution in [0.4, 0.5) is 29.8 Å². The lowest BCUT2D eigenvalue weighted by Crippen LogP contribution is -2.22. The normalized spacial score (nSPS) is 12.4. The average Bonchev–Trinajstić information content (AvgIpc) is 3.24. The molecule has 29 heavy (non-hydrogen) atoms. The topological polar surface area (TPSA) is 102 Å². The third kappa shape index (κ3) is 6.35. The van der Waals surface area contributed by atoms with Crippen molar-refractivity contribution in [3.05, 3.63) is 36.1 Å². The minimum absolute atomic E-state index is 0.270. The second kappa shape index (κ2) is 8.69. The van der Waals surface area contributed by atoms with Gasteiger partial charge in [0.1, 0.15) is 11.5 Å². The number of nitrogens with one attached hydrogen (secondary N) is 2. The molecule has 13 heteroatoms. The van der Waals surface area contributed by atoms with Gasteiger partial charge in [0.15, 0.2) is 10.2 Å². The van der Waals surface area contributed by atoms with Crippen molar-refractivity contribution in [3.63, 3.8) is 0 Å². The Morgan fingerprint density at radius 1 is 1.28 bits per heavy atom. The quantitative estimate of drug-likeness (QED) is 0.509. The Hall–Kier alpha value is -2.80. The van der Waals surface area contributed by atoms with E-state index in [4.69, 9.17) is 4.52 Å². The van der Waals surface area contributed by atoms with Crippen LogP contribution in [0.15, 0.2) is 39.2 Å². The number of hydrogen-bond donors (Lipinski definition) is 2. The number of benzene rings is 1. The third-order valence-corrected chi connectivity index (χ3v) is 5.29. The van der Waals surface area contributed by atoms with E-state index in [0.717, 1.165) is 0 Å². The van der Waals surface area contributed by atoms with Crippen LogP contribution in [0.25, 0.3) is 0 Å². The summed E-state index contributed by atoms with van der Waals surface area (Å²) in [7, 11) is 0. The number of anilines is 3. The summed E-state index contributed by atoms with van der Waals surface area (Å²) in [6.07, 6.45) is -4.74. The zero-order valence-electron chi connectivity index (χ0n) is 15.0. The van der Waals surface area contributed by atoms with E-state index in [-0.39, 0.29) is 11.7 Å². The second-order valence-corrected chi connectivity index (χ2v) is 8.21. The molecular weight excluding hydrogens is 431 g/mol. The summed E-state index contributed by atoms with van der Waals surface area (Å²) in [6.45, 7) is 3.42. The lowest BCUT2D eigenvalue weighted by atomic mass is 10.3. The first-order chi connectivity index (χ1) is 13.7. The predicted molar refractivity (Wildman–Crippen MR) is 102 cm³/mol.